The Labute approximate surface area is 146 Å². The average molecular weight is 339 g/mol. The van der Waals surface area contributed by atoms with Crippen molar-refractivity contribution in [2.24, 2.45) is 16.6 Å². The molecule has 1 fully saturated rings. The van der Waals surface area contributed by atoms with Crippen LogP contribution in [0.15, 0.2) is 46.8 Å². The first-order valence-electron chi connectivity index (χ1n) is 8.24. The molecule has 24 heavy (non-hydrogen) atoms. The molecule has 5 heteroatoms. The van der Waals surface area contributed by atoms with Crippen molar-refractivity contribution in [1.82, 2.24) is 4.90 Å². The highest BCUT2D eigenvalue weighted by molar-refractivity contribution is 7.13. The molecular formula is C19H21N3OS. The molecule has 2 N–H and O–H groups in total. The van der Waals surface area contributed by atoms with Gasteiger partial charge in [0.15, 0.2) is 5.96 Å². The smallest absolute Gasteiger partial charge is 0.231 e. The first-order valence-corrected chi connectivity index (χ1v) is 9.11. The van der Waals surface area contributed by atoms with Gasteiger partial charge in [0, 0.05) is 11.9 Å². The Morgan fingerprint density at radius 2 is 2.17 bits per heavy atom. The second kappa shape index (κ2) is 5.45. The van der Waals surface area contributed by atoms with Crippen LogP contribution < -0.4 is 5.73 Å². The normalized spacial score (nSPS) is 29.5. The van der Waals surface area contributed by atoms with Crippen molar-refractivity contribution in [2.75, 3.05) is 7.05 Å². The summed E-state index contributed by atoms with van der Waals surface area (Å²) >= 11 is 1.76. The number of nitrogens with zero attached hydrogens (tertiary/aromatic N) is 2. The summed E-state index contributed by atoms with van der Waals surface area (Å²) in [5.74, 6) is 1.24. The summed E-state index contributed by atoms with van der Waals surface area (Å²) in [5, 5.41) is 2.10. The molecule has 1 amide bonds. The van der Waals surface area contributed by atoms with Gasteiger partial charge in [0.05, 0.1) is 12.0 Å². The van der Waals surface area contributed by atoms with Gasteiger partial charge in [-0.15, -0.1) is 11.3 Å². The van der Waals surface area contributed by atoms with Crippen LogP contribution in [0, 0.1) is 5.92 Å². The lowest BCUT2D eigenvalue weighted by Crippen LogP contribution is -2.49. The largest absolute Gasteiger partial charge is 0.369 e. The summed E-state index contributed by atoms with van der Waals surface area (Å²) < 4.78 is 0. The lowest BCUT2D eigenvalue weighted by Gasteiger charge is -2.33. The van der Waals surface area contributed by atoms with Gasteiger partial charge in [0.25, 0.3) is 0 Å². The predicted octanol–water partition coefficient (Wildman–Crippen LogP) is 3.45. The van der Waals surface area contributed by atoms with E-state index in [1.165, 1.54) is 20.9 Å². The zero-order valence-electron chi connectivity index (χ0n) is 13.9. The number of hydrogen-bond acceptors (Lipinski definition) is 4. The van der Waals surface area contributed by atoms with Crippen LogP contribution in [0.25, 0.3) is 10.4 Å². The summed E-state index contributed by atoms with van der Waals surface area (Å²) in [6.07, 6.45) is 1.51. The van der Waals surface area contributed by atoms with E-state index in [1.54, 1.807) is 18.4 Å². The van der Waals surface area contributed by atoms with Crippen molar-refractivity contribution in [2.45, 2.75) is 31.2 Å². The maximum atomic E-state index is 12.2. The second-order valence-electron chi connectivity index (χ2n) is 7.01. The molecule has 3 atom stereocenters. The van der Waals surface area contributed by atoms with Crippen LogP contribution in [0.1, 0.15) is 31.2 Å². The molecule has 2 aromatic rings. The van der Waals surface area contributed by atoms with Crippen LogP contribution in [0.2, 0.25) is 0 Å². The maximum absolute atomic E-state index is 12.2. The van der Waals surface area contributed by atoms with Crippen LogP contribution in [0.3, 0.4) is 0 Å². The first-order chi connectivity index (χ1) is 11.5. The molecule has 1 saturated carbocycles. The molecule has 0 spiro atoms. The van der Waals surface area contributed by atoms with E-state index in [1.807, 2.05) is 0 Å². The van der Waals surface area contributed by atoms with Gasteiger partial charge in [-0.25, -0.2) is 4.99 Å². The molecule has 0 saturated heterocycles. The molecule has 1 aliphatic carbocycles. The summed E-state index contributed by atoms with van der Waals surface area (Å²) in [5.41, 5.74) is 8.17. The van der Waals surface area contributed by atoms with Crippen molar-refractivity contribution in [3.63, 3.8) is 0 Å². The average Bonchev–Trinajstić information content (AvgIpc) is 3.20. The van der Waals surface area contributed by atoms with Crippen LogP contribution >= 0.6 is 11.3 Å². The molecule has 2 heterocycles. The molecule has 2 aliphatic rings. The van der Waals surface area contributed by atoms with Gasteiger partial charge in [-0.05, 0) is 47.8 Å². The predicted molar refractivity (Wildman–Crippen MR) is 98.0 cm³/mol. The van der Waals surface area contributed by atoms with Gasteiger partial charge >= 0.3 is 0 Å². The van der Waals surface area contributed by atoms with E-state index in [0.717, 1.165) is 6.42 Å². The number of guanidine groups is 1. The molecule has 4 nitrogen and oxygen atoms in total. The Hall–Kier alpha value is -2.14. The topological polar surface area (TPSA) is 58.7 Å². The summed E-state index contributed by atoms with van der Waals surface area (Å²) in [6.45, 7) is 2.07. The number of nitrogens with two attached hydrogens (primary N) is 1. The second-order valence-corrected chi connectivity index (χ2v) is 7.96. The van der Waals surface area contributed by atoms with Crippen LogP contribution in [-0.4, -0.2) is 29.4 Å². The maximum Gasteiger partial charge on any atom is 0.231 e. The fourth-order valence-corrected chi connectivity index (χ4v) is 4.48. The Morgan fingerprint density at radius 1 is 1.33 bits per heavy atom. The zero-order chi connectivity index (χ0) is 16.9. The lowest BCUT2D eigenvalue weighted by atomic mass is 9.88. The van der Waals surface area contributed by atoms with E-state index < -0.39 is 0 Å². The lowest BCUT2D eigenvalue weighted by molar-refractivity contribution is -0.128. The van der Waals surface area contributed by atoms with Crippen molar-refractivity contribution >= 4 is 23.2 Å². The molecule has 0 radical (unpaired) electrons. The minimum absolute atomic E-state index is 0.0583. The van der Waals surface area contributed by atoms with Crippen molar-refractivity contribution in [1.29, 1.82) is 0 Å². The van der Waals surface area contributed by atoms with Gasteiger partial charge in [0.2, 0.25) is 5.91 Å². The molecule has 1 aromatic heterocycles. The van der Waals surface area contributed by atoms with Crippen LogP contribution in [0.5, 0.6) is 0 Å². The number of carbonyl (C=O) groups excluding carboxylic acids is 1. The monoisotopic (exact) mass is 339 g/mol. The quantitative estimate of drug-likeness (QED) is 0.931. The van der Waals surface area contributed by atoms with Crippen LogP contribution in [-0.2, 0) is 4.79 Å². The number of amides is 1. The molecule has 0 bridgehead atoms. The van der Waals surface area contributed by atoms with E-state index in [-0.39, 0.29) is 11.4 Å². The van der Waals surface area contributed by atoms with Gasteiger partial charge in [-0.3, -0.25) is 9.69 Å². The van der Waals surface area contributed by atoms with E-state index in [0.29, 0.717) is 24.2 Å². The van der Waals surface area contributed by atoms with E-state index >= 15 is 0 Å². The summed E-state index contributed by atoms with van der Waals surface area (Å²) in [4.78, 5) is 19.6. The Morgan fingerprint density at radius 3 is 2.88 bits per heavy atom. The van der Waals surface area contributed by atoms with Crippen molar-refractivity contribution in [3.05, 3.63) is 47.3 Å². The van der Waals surface area contributed by atoms with Gasteiger partial charge in [-0.1, -0.05) is 30.3 Å². The van der Waals surface area contributed by atoms with Gasteiger partial charge in [-0.2, -0.15) is 0 Å². The zero-order valence-corrected chi connectivity index (χ0v) is 14.7. The number of carbonyl (C=O) groups is 1. The summed E-state index contributed by atoms with van der Waals surface area (Å²) in [6, 6.07) is 13.0. The highest BCUT2D eigenvalue weighted by Gasteiger charge is 2.53. The Balaban J connectivity index is 1.59. The van der Waals surface area contributed by atoms with Crippen molar-refractivity contribution < 1.29 is 4.79 Å². The summed E-state index contributed by atoms with van der Waals surface area (Å²) in [7, 11) is 1.69. The third-order valence-electron chi connectivity index (χ3n) is 5.31. The highest BCUT2D eigenvalue weighted by atomic mass is 32.1. The fraction of sp³-hybridized carbons (Fsp3) is 0.368. The standard InChI is InChI=1S/C19H21N3OS/c1-19(11-17(23)22(2)18(20)21-19)15-10-14(15)12-5-3-6-13(9-12)16-7-4-8-24-16/h3-9,14-15H,10-11H2,1-2H3,(H2,20,21)/t14-,15+,19-/m0/s1. The third kappa shape index (κ3) is 2.53. The molecule has 4 rings (SSSR count). The van der Waals surface area contributed by atoms with E-state index in [2.05, 4.69) is 53.7 Å². The SMILES string of the molecule is CN1C(=O)C[C@@](C)([C@@H]2C[C@H]2c2cccc(-c3cccs3)c2)N=C1N. The first kappa shape index (κ1) is 15.4. The number of aliphatic imine (C=N–C) groups is 1. The van der Waals surface area contributed by atoms with Gasteiger partial charge < -0.3 is 5.73 Å². The molecule has 124 valence electrons. The molecule has 1 aliphatic heterocycles. The number of hydrogen-bond donors (Lipinski definition) is 1. The molecule has 0 unspecified atom stereocenters. The highest BCUT2D eigenvalue weighted by Crippen LogP contribution is 2.56. The number of benzene rings is 1. The minimum atomic E-state index is -0.378. The Bertz CT molecular complexity index is 814. The minimum Gasteiger partial charge on any atom is -0.369 e. The van der Waals surface area contributed by atoms with E-state index in [4.69, 9.17) is 5.73 Å². The molecule has 1 aromatic carbocycles. The fourth-order valence-electron chi connectivity index (χ4n) is 3.76. The third-order valence-corrected chi connectivity index (χ3v) is 6.23. The van der Waals surface area contributed by atoms with E-state index in [9.17, 15) is 4.79 Å². The van der Waals surface area contributed by atoms with Crippen molar-refractivity contribution in [3.8, 4) is 10.4 Å². The number of thiophene rings is 1. The van der Waals surface area contributed by atoms with Crippen LogP contribution in [0.4, 0.5) is 0 Å². The molecular weight excluding hydrogens is 318 g/mol. The van der Waals surface area contributed by atoms with Gasteiger partial charge in [0.1, 0.15) is 0 Å². The Kier molecular flexibility index (Phi) is 3.49. The number of rotatable bonds is 3.